The monoisotopic (exact) mass is 276 g/mol. The molecule has 1 N–H and O–H groups in total. The van der Waals surface area contributed by atoms with Gasteiger partial charge in [0, 0.05) is 31.2 Å². The number of hydrogen-bond donors (Lipinski definition) is 1. The molecule has 0 aromatic carbocycles. The molecule has 102 valence electrons. The smallest absolute Gasteiger partial charge is 0.0897 e. The van der Waals surface area contributed by atoms with Crippen molar-refractivity contribution in [3.05, 3.63) is 45.7 Å². The third-order valence-corrected chi connectivity index (χ3v) is 3.62. The molecule has 0 aliphatic carbocycles. The SMILES string of the molecule is CNCc1ccc(CN(C)Cc2csc(C)n2)nc1. The Morgan fingerprint density at radius 3 is 2.63 bits per heavy atom. The van der Waals surface area contributed by atoms with Crippen LogP contribution in [-0.4, -0.2) is 29.0 Å². The van der Waals surface area contributed by atoms with Crippen LogP contribution in [0, 0.1) is 6.92 Å². The molecule has 0 aliphatic rings. The van der Waals surface area contributed by atoms with Crippen LogP contribution in [0.25, 0.3) is 0 Å². The van der Waals surface area contributed by atoms with E-state index in [4.69, 9.17) is 0 Å². The summed E-state index contributed by atoms with van der Waals surface area (Å²) in [7, 11) is 4.04. The van der Waals surface area contributed by atoms with Crippen LogP contribution in [0.5, 0.6) is 0 Å². The number of pyridine rings is 1. The molecule has 0 fully saturated rings. The van der Waals surface area contributed by atoms with Crippen molar-refractivity contribution in [2.24, 2.45) is 0 Å². The fraction of sp³-hybridized carbons (Fsp3) is 0.429. The number of nitrogens with one attached hydrogen (secondary N) is 1. The van der Waals surface area contributed by atoms with Crippen LogP contribution in [-0.2, 0) is 19.6 Å². The highest BCUT2D eigenvalue weighted by atomic mass is 32.1. The van der Waals surface area contributed by atoms with E-state index < -0.39 is 0 Å². The lowest BCUT2D eigenvalue weighted by Gasteiger charge is -2.14. The van der Waals surface area contributed by atoms with Crippen LogP contribution >= 0.6 is 11.3 Å². The van der Waals surface area contributed by atoms with Crippen molar-refractivity contribution in [2.45, 2.75) is 26.6 Å². The minimum atomic E-state index is 0.844. The number of hydrogen-bond acceptors (Lipinski definition) is 5. The molecule has 0 spiro atoms. The van der Waals surface area contributed by atoms with Crippen molar-refractivity contribution in [2.75, 3.05) is 14.1 Å². The third kappa shape index (κ3) is 4.38. The van der Waals surface area contributed by atoms with E-state index in [1.54, 1.807) is 11.3 Å². The first-order valence-electron chi connectivity index (χ1n) is 6.35. The Kier molecular flexibility index (Phi) is 5.01. The summed E-state index contributed by atoms with van der Waals surface area (Å²) >= 11 is 1.70. The minimum Gasteiger partial charge on any atom is -0.316 e. The Morgan fingerprint density at radius 1 is 1.26 bits per heavy atom. The van der Waals surface area contributed by atoms with Crippen LogP contribution in [0.15, 0.2) is 23.7 Å². The summed E-state index contributed by atoms with van der Waals surface area (Å²) in [6, 6.07) is 4.22. The highest BCUT2D eigenvalue weighted by Crippen LogP contribution is 2.11. The minimum absolute atomic E-state index is 0.844. The van der Waals surface area contributed by atoms with Gasteiger partial charge in [0.2, 0.25) is 0 Å². The van der Waals surface area contributed by atoms with Crippen molar-refractivity contribution in [3.63, 3.8) is 0 Å². The largest absolute Gasteiger partial charge is 0.316 e. The Bertz CT molecular complexity index is 506. The van der Waals surface area contributed by atoms with Gasteiger partial charge in [0.05, 0.1) is 16.4 Å². The Balaban J connectivity index is 1.89. The van der Waals surface area contributed by atoms with Crippen LogP contribution < -0.4 is 5.32 Å². The first-order valence-corrected chi connectivity index (χ1v) is 7.23. The van der Waals surface area contributed by atoms with Gasteiger partial charge in [0.15, 0.2) is 0 Å². The number of aryl methyl sites for hydroxylation is 1. The fourth-order valence-electron chi connectivity index (χ4n) is 1.95. The quantitative estimate of drug-likeness (QED) is 0.878. The van der Waals surface area contributed by atoms with Gasteiger partial charge in [0.25, 0.3) is 0 Å². The lowest BCUT2D eigenvalue weighted by atomic mass is 10.2. The predicted octanol–water partition coefficient (Wildman–Crippen LogP) is 2.20. The molecule has 2 heterocycles. The third-order valence-electron chi connectivity index (χ3n) is 2.80. The van der Waals surface area contributed by atoms with Gasteiger partial charge in [-0.3, -0.25) is 9.88 Å². The molecule has 2 aromatic rings. The maximum absolute atomic E-state index is 4.48. The molecule has 2 aromatic heterocycles. The summed E-state index contributed by atoms with van der Waals surface area (Å²) in [6.45, 7) is 4.61. The molecule has 0 unspecified atom stereocenters. The zero-order valence-corrected chi connectivity index (χ0v) is 12.5. The van der Waals surface area contributed by atoms with E-state index in [9.17, 15) is 0 Å². The van der Waals surface area contributed by atoms with E-state index in [0.717, 1.165) is 36.0 Å². The second-order valence-electron chi connectivity index (χ2n) is 4.72. The molecule has 0 bridgehead atoms. The van der Waals surface area contributed by atoms with Gasteiger partial charge in [0.1, 0.15) is 0 Å². The van der Waals surface area contributed by atoms with Gasteiger partial charge in [-0.05, 0) is 32.6 Å². The van der Waals surface area contributed by atoms with Crippen molar-refractivity contribution in [1.29, 1.82) is 0 Å². The summed E-state index contributed by atoms with van der Waals surface area (Å²) in [6.07, 6.45) is 1.94. The first-order chi connectivity index (χ1) is 9.17. The van der Waals surface area contributed by atoms with Crippen LogP contribution in [0.2, 0.25) is 0 Å². The van der Waals surface area contributed by atoms with E-state index in [1.807, 2.05) is 20.2 Å². The Morgan fingerprint density at radius 2 is 2.05 bits per heavy atom. The fourth-order valence-corrected chi connectivity index (χ4v) is 2.55. The zero-order valence-electron chi connectivity index (χ0n) is 11.7. The molecule has 2 rings (SSSR count). The highest BCUT2D eigenvalue weighted by molar-refractivity contribution is 7.09. The Hall–Kier alpha value is -1.30. The number of nitrogens with zero attached hydrogens (tertiary/aromatic N) is 3. The van der Waals surface area contributed by atoms with E-state index in [1.165, 1.54) is 5.56 Å². The molecule has 5 heteroatoms. The average Bonchev–Trinajstić information content (AvgIpc) is 2.77. The standard InChI is InChI=1S/C14H20N4S/c1-11-17-14(10-19-11)9-18(3)8-13-5-4-12(6-15-2)7-16-13/h4-5,7,10,15H,6,8-9H2,1-3H3. The summed E-state index contributed by atoms with van der Waals surface area (Å²) in [5, 5.41) is 6.37. The highest BCUT2D eigenvalue weighted by Gasteiger charge is 2.05. The molecular weight excluding hydrogens is 256 g/mol. The Labute approximate surface area is 118 Å². The first kappa shape index (κ1) is 14.1. The van der Waals surface area contributed by atoms with E-state index in [2.05, 4.69) is 44.7 Å². The normalized spacial score (nSPS) is 11.2. The number of rotatable bonds is 6. The van der Waals surface area contributed by atoms with Crippen LogP contribution in [0.4, 0.5) is 0 Å². The van der Waals surface area contributed by atoms with E-state index >= 15 is 0 Å². The van der Waals surface area contributed by atoms with Crippen LogP contribution in [0.1, 0.15) is 22.0 Å². The summed E-state index contributed by atoms with van der Waals surface area (Å²) in [5.74, 6) is 0. The van der Waals surface area contributed by atoms with Crippen molar-refractivity contribution in [1.82, 2.24) is 20.2 Å². The van der Waals surface area contributed by atoms with Crippen molar-refractivity contribution in [3.8, 4) is 0 Å². The molecular formula is C14H20N4S. The maximum Gasteiger partial charge on any atom is 0.0897 e. The molecule has 0 saturated carbocycles. The second kappa shape index (κ2) is 6.75. The summed E-state index contributed by atoms with van der Waals surface area (Å²) < 4.78 is 0. The summed E-state index contributed by atoms with van der Waals surface area (Å²) in [4.78, 5) is 11.2. The molecule has 0 atom stereocenters. The average molecular weight is 276 g/mol. The van der Waals surface area contributed by atoms with Crippen molar-refractivity contribution >= 4 is 11.3 Å². The maximum atomic E-state index is 4.48. The number of thiazole rings is 1. The summed E-state index contributed by atoms with van der Waals surface area (Å²) in [5.41, 5.74) is 3.44. The lowest BCUT2D eigenvalue weighted by Crippen LogP contribution is -2.18. The van der Waals surface area contributed by atoms with Gasteiger partial charge < -0.3 is 5.32 Å². The van der Waals surface area contributed by atoms with E-state index in [-0.39, 0.29) is 0 Å². The second-order valence-corrected chi connectivity index (χ2v) is 5.78. The molecule has 0 saturated heterocycles. The topological polar surface area (TPSA) is 41.0 Å². The zero-order chi connectivity index (χ0) is 13.7. The molecule has 0 amide bonds. The van der Waals surface area contributed by atoms with Gasteiger partial charge in [-0.2, -0.15) is 0 Å². The van der Waals surface area contributed by atoms with Gasteiger partial charge in [-0.1, -0.05) is 6.07 Å². The van der Waals surface area contributed by atoms with Gasteiger partial charge in [-0.15, -0.1) is 11.3 Å². The predicted molar refractivity (Wildman–Crippen MR) is 79.0 cm³/mol. The molecule has 0 aliphatic heterocycles. The van der Waals surface area contributed by atoms with Crippen molar-refractivity contribution < 1.29 is 0 Å². The van der Waals surface area contributed by atoms with Crippen LogP contribution in [0.3, 0.4) is 0 Å². The van der Waals surface area contributed by atoms with Gasteiger partial charge in [-0.25, -0.2) is 4.98 Å². The van der Waals surface area contributed by atoms with E-state index in [0.29, 0.717) is 0 Å². The van der Waals surface area contributed by atoms with Gasteiger partial charge >= 0.3 is 0 Å². The lowest BCUT2D eigenvalue weighted by molar-refractivity contribution is 0.311. The molecule has 19 heavy (non-hydrogen) atoms. The molecule has 4 nitrogen and oxygen atoms in total. The number of aromatic nitrogens is 2. The molecule has 0 radical (unpaired) electrons.